The maximum Gasteiger partial charge on any atom is 0.251 e. The van der Waals surface area contributed by atoms with Gasteiger partial charge >= 0.3 is 0 Å². The van der Waals surface area contributed by atoms with E-state index >= 15 is 0 Å². The molecule has 0 spiro atoms. The number of anilines is 1. The van der Waals surface area contributed by atoms with Crippen LogP contribution in [0.1, 0.15) is 42.5 Å². The minimum absolute atomic E-state index is 0.0444. The molecule has 1 fully saturated rings. The molecule has 0 radical (unpaired) electrons. The summed E-state index contributed by atoms with van der Waals surface area (Å²) in [5, 5.41) is 3.08. The van der Waals surface area contributed by atoms with Gasteiger partial charge in [-0.15, -0.1) is 0 Å². The summed E-state index contributed by atoms with van der Waals surface area (Å²) in [5.41, 5.74) is 6.99. The second-order valence-electron chi connectivity index (χ2n) is 5.40. The predicted molar refractivity (Wildman–Crippen MR) is 90.2 cm³/mol. The van der Waals surface area contributed by atoms with Crippen LogP contribution in [0.15, 0.2) is 22.7 Å². The van der Waals surface area contributed by atoms with Crippen molar-refractivity contribution < 1.29 is 4.79 Å². The average Bonchev–Trinajstić information content (AvgIpc) is 2.45. The second-order valence-corrected chi connectivity index (χ2v) is 7.59. The van der Waals surface area contributed by atoms with Crippen LogP contribution in [-0.4, -0.2) is 23.5 Å². The molecular weight excluding hydrogens is 336 g/mol. The first-order chi connectivity index (χ1) is 9.54. The number of thioether (sulfide) groups is 1. The Kier molecular flexibility index (Phi) is 5.38. The van der Waals surface area contributed by atoms with E-state index in [9.17, 15) is 4.79 Å². The third-order valence-electron chi connectivity index (χ3n) is 3.95. The highest BCUT2D eigenvalue weighted by molar-refractivity contribution is 9.10. The number of amides is 1. The lowest BCUT2D eigenvalue weighted by molar-refractivity contribution is 0.0947. The lowest BCUT2D eigenvalue weighted by Gasteiger charge is -2.35. The van der Waals surface area contributed by atoms with Gasteiger partial charge in [0.1, 0.15) is 0 Å². The van der Waals surface area contributed by atoms with E-state index in [2.05, 4.69) is 27.5 Å². The van der Waals surface area contributed by atoms with Crippen LogP contribution in [0.5, 0.6) is 0 Å². The van der Waals surface area contributed by atoms with Gasteiger partial charge in [0.15, 0.2) is 0 Å². The minimum atomic E-state index is -0.0444. The quantitative estimate of drug-likeness (QED) is 0.806. The average molecular weight is 357 g/mol. The zero-order chi connectivity index (χ0) is 14.6. The standard InChI is InChI=1S/C15H21BrN2OS/c1-20-15(5-3-2-4-6-15)10-18-14(19)11-7-12(16)9-13(17)8-11/h7-9H,2-6,10,17H2,1H3,(H,18,19). The van der Waals surface area contributed by atoms with Crippen LogP contribution in [0.4, 0.5) is 5.69 Å². The number of halogens is 1. The van der Waals surface area contributed by atoms with Crippen molar-refractivity contribution in [3.05, 3.63) is 28.2 Å². The summed E-state index contributed by atoms with van der Waals surface area (Å²) in [6.45, 7) is 0.736. The highest BCUT2D eigenvalue weighted by Crippen LogP contribution is 2.38. The number of carbonyl (C=O) groups excluding carboxylic acids is 1. The molecule has 0 aliphatic heterocycles. The van der Waals surface area contributed by atoms with Crippen molar-refractivity contribution in [2.75, 3.05) is 18.5 Å². The lowest BCUT2D eigenvalue weighted by atomic mass is 9.88. The first-order valence-electron chi connectivity index (χ1n) is 6.94. The van der Waals surface area contributed by atoms with E-state index in [1.165, 1.54) is 32.1 Å². The maximum atomic E-state index is 12.3. The van der Waals surface area contributed by atoms with Gasteiger partial charge in [-0.1, -0.05) is 35.2 Å². The molecule has 1 aromatic carbocycles. The van der Waals surface area contributed by atoms with E-state index < -0.39 is 0 Å². The van der Waals surface area contributed by atoms with E-state index in [4.69, 9.17) is 5.73 Å². The van der Waals surface area contributed by atoms with Crippen molar-refractivity contribution in [1.29, 1.82) is 0 Å². The Bertz CT molecular complexity index is 467. The highest BCUT2D eigenvalue weighted by Gasteiger charge is 2.31. The van der Waals surface area contributed by atoms with Crippen LogP contribution in [0.2, 0.25) is 0 Å². The van der Waals surface area contributed by atoms with Gasteiger partial charge in [0.05, 0.1) is 0 Å². The molecule has 0 bridgehead atoms. The molecule has 1 aliphatic rings. The third-order valence-corrected chi connectivity index (χ3v) is 5.83. The molecule has 1 aromatic rings. The summed E-state index contributed by atoms with van der Waals surface area (Å²) in [6.07, 6.45) is 8.37. The monoisotopic (exact) mass is 356 g/mol. The molecule has 3 N–H and O–H groups in total. The zero-order valence-electron chi connectivity index (χ0n) is 11.7. The molecule has 1 aliphatic carbocycles. The second kappa shape index (κ2) is 6.85. The van der Waals surface area contributed by atoms with Crippen molar-refractivity contribution in [1.82, 2.24) is 5.32 Å². The van der Waals surface area contributed by atoms with Gasteiger partial charge in [-0.2, -0.15) is 11.8 Å². The number of hydrogen-bond acceptors (Lipinski definition) is 3. The number of carbonyl (C=O) groups is 1. The minimum Gasteiger partial charge on any atom is -0.399 e. The summed E-state index contributed by atoms with van der Waals surface area (Å²) in [7, 11) is 0. The van der Waals surface area contributed by atoms with E-state index in [1.54, 1.807) is 18.2 Å². The summed E-state index contributed by atoms with van der Waals surface area (Å²) < 4.78 is 1.05. The van der Waals surface area contributed by atoms with Crippen LogP contribution < -0.4 is 11.1 Å². The van der Waals surface area contributed by atoms with Gasteiger partial charge in [-0.25, -0.2) is 0 Å². The number of rotatable bonds is 4. The molecule has 110 valence electrons. The Morgan fingerprint density at radius 3 is 2.65 bits per heavy atom. The SMILES string of the molecule is CSC1(CNC(=O)c2cc(N)cc(Br)c2)CCCCC1. The molecule has 1 amide bonds. The van der Waals surface area contributed by atoms with E-state index in [1.807, 2.05) is 11.8 Å². The molecule has 0 saturated heterocycles. The molecule has 3 nitrogen and oxygen atoms in total. The van der Waals surface area contributed by atoms with Crippen LogP contribution >= 0.6 is 27.7 Å². The molecule has 1 saturated carbocycles. The van der Waals surface area contributed by atoms with Crippen LogP contribution in [0, 0.1) is 0 Å². The summed E-state index contributed by atoms with van der Waals surface area (Å²) >= 11 is 5.26. The zero-order valence-corrected chi connectivity index (χ0v) is 14.1. The molecule has 20 heavy (non-hydrogen) atoms. The van der Waals surface area contributed by atoms with Crippen LogP contribution in [0.25, 0.3) is 0 Å². The van der Waals surface area contributed by atoms with Crippen molar-refractivity contribution in [3.63, 3.8) is 0 Å². The number of nitrogens with one attached hydrogen (secondary N) is 1. The van der Waals surface area contributed by atoms with Gasteiger partial charge in [0.25, 0.3) is 5.91 Å². The molecule has 5 heteroatoms. The fraction of sp³-hybridized carbons (Fsp3) is 0.533. The highest BCUT2D eigenvalue weighted by atomic mass is 79.9. The number of nitrogens with two attached hydrogens (primary N) is 1. The largest absolute Gasteiger partial charge is 0.399 e. The predicted octanol–water partition coefficient (Wildman–Crippen LogP) is 3.83. The summed E-state index contributed by atoms with van der Waals surface area (Å²) in [6, 6.07) is 5.31. The number of benzene rings is 1. The summed E-state index contributed by atoms with van der Waals surface area (Å²) in [5.74, 6) is -0.0444. The third kappa shape index (κ3) is 3.92. The van der Waals surface area contributed by atoms with Crippen molar-refractivity contribution >= 4 is 39.3 Å². The van der Waals surface area contributed by atoms with Gasteiger partial charge in [0, 0.05) is 27.0 Å². The smallest absolute Gasteiger partial charge is 0.251 e. The van der Waals surface area contributed by atoms with Gasteiger partial charge in [-0.05, 0) is 37.3 Å². The molecule has 0 heterocycles. The molecule has 0 unspecified atom stereocenters. The molecule has 0 aromatic heterocycles. The normalized spacial score (nSPS) is 17.7. The maximum absolute atomic E-state index is 12.3. The fourth-order valence-corrected chi connectivity index (χ4v) is 4.16. The Labute approximate surface area is 133 Å². The number of hydrogen-bond donors (Lipinski definition) is 2. The topological polar surface area (TPSA) is 55.1 Å². The van der Waals surface area contributed by atoms with Crippen molar-refractivity contribution in [3.8, 4) is 0 Å². The Morgan fingerprint density at radius 2 is 2.05 bits per heavy atom. The van der Waals surface area contributed by atoms with Crippen LogP contribution in [0.3, 0.4) is 0 Å². The number of nitrogen functional groups attached to an aromatic ring is 1. The first kappa shape index (κ1) is 15.7. The van der Waals surface area contributed by atoms with E-state index in [0.29, 0.717) is 11.3 Å². The summed E-state index contributed by atoms with van der Waals surface area (Å²) in [4.78, 5) is 12.3. The van der Waals surface area contributed by atoms with Crippen molar-refractivity contribution in [2.24, 2.45) is 0 Å². The molecular formula is C15H21BrN2OS. The van der Waals surface area contributed by atoms with E-state index in [-0.39, 0.29) is 10.7 Å². The van der Waals surface area contributed by atoms with Gasteiger partial charge < -0.3 is 11.1 Å². The first-order valence-corrected chi connectivity index (χ1v) is 8.96. The molecule has 0 atom stereocenters. The van der Waals surface area contributed by atoms with Gasteiger partial charge in [0.2, 0.25) is 0 Å². The molecule has 2 rings (SSSR count). The van der Waals surface area contributed by atoms with E-state index in [0.717, 1.165) is 11.0 Å². The van der Waals surface area contributed by atoms with Gasteiger partial charge in [-0.3, -0.25) is 4.79 Å². The Balaban J connectivity index is 2.00. The fourth-order valence-electron chi connectivity index (χ4n) is 2.74. The lowest BCUT2D eigenvalue weighted by Crippen LogP contribution is -2.41. The Morgan fingerprint density at radius 1 is 1.35 bits per heavy atom. The van der Waals surface area contributed by atoms with Crippen molar-refractivity contribution in [2.45, 2.75) is 36.9 Å². The Hall–Kier alpha value is -0.680. The van der Waals surface area contributed by atoms with Crippen LogP contribution in [-0.2, 0) is 0 Å².